The maximum absolute atomic E-state index is 7.65. The van der Waals surface area contributed by atoms with Crippen molar-refractivity contribution in [3.05, 3.63) is 52.9 Å². The van der Waals surface area contributed by atoms with E-state index in [-0.39, 0.29) is 5.84 Å². The van der Waals surface area contributed by atoms with Crippen molar-refractivity contribution in [3.8, 4) is 10.7 Å². The molecular formula is C19H19N7S3. The minimum atomic E-state index is 0.170. The summed E-state index contributed by atoms with van der Waals surface area (Å²) in [5.41, 5.74) is 3.22. The van der Waals surface area contributed by atoms with Crippen molar-refractivity contribution >= 4 is 57.0 Å². The number of para-hydroxylation sites is 1. The predicted molar refractivity (Wildman–Crippen MR) is 123 cm³/mol. The molecule has 0 aliphatic carbocycles. The lowest BCUT2D eigenvalue weighted by atomic mass is 10.2. The maximum atomic E-state index is 7.65. The number of H-pyrrole nitrogens is 1. The van der Waals surface area contributed by atoms with Crippen LogP contribution in [0.2, 0.25) is 0 Å². The quantitative estimate of drug-likeness (QED) is 0.0850. The van der Waals surface area contributed by atoms with Gasteiger partial charge in [0.1, 0.15) is 10.8 Å². The molecule has 0 saturated heterocycles. The van der Waals surface area contributed by atoms with E-state index in [1.54, 1.807) is 34.6 Å². The van der Waals surface area contributed by atoms with Crippen molar-refractivity contribution in [1.82, 2.24) is 9.97 Å². The summed E-state index contributed by atoms with van der Waals surface area (Å²) in [5, 5.41) is 18.5. The zero-order chi connectivity index (χ0) is 20.2. The van der Waals surface area contributed by atoms with Crippen LogP contribution in [-0.2, 0) is 6.42 Å². The lowest BCUT2D eigenvalue weighted by Crippen LogP contribution is -2.05. The van der Waals surface area contributed by atoms with E-state index in [1.807, 2.05) is 6.20 Å². The van der Waals surface area contributed by atoms with E-state index in [9.17, 15) is 0 Å². The highest BCUT2D eigenvalue weighted by Gasteiger charge is 2.14. The summed E-state index contributed by atoms with van der Waals surface area (Å²) in [6, 6.07) is 12.6. The molecule has 0 saturated carbocycles. The molecule has 1 aromatic carbocycles. The third-order valence-corrected chi connectivity index (χ3v) is 7.32. The van der Waals surface area contributed by atoms with Crippen LogP contribution in [0.15, 0.2) is 62.5 Å². The number of nitrogens with one attached hydrogen (secondary N) is 2. The third-order valence-electron chi connectivity index (χ3n) is 4.27. The average Bonchev–Trinajstić information content (AvgIpc) is 3.46. The van der Waals surface area contributed by atoms with Gasteiger partial charge in [-0.05, 0) is 41.9 Å². The van der Waals surface area contributed by atoms with Crippen LogP contribution in [0.5, 0.6) is 0 Å². The fourth-order valence-electron chi connectivity index (χ4n) is 2.93. The molecule has 7 nitrogen and oxygen atoms in total. The summed E-state index contributed by atoms with van der Waals surface area (Å²) < 4.78 is 3.43. The summed E-state index contributed by atoms with van der Waals surface area (Å²) >= 11 is 5.07. The molecule has 0 aliphatic heterocycles. The first-order valence-corrected chi connectivity index (χ1v) is 11.3. The molecular weight excluding hydrogens is 422 g/mol. The van der Waals surface area contributed by atoms with Crippen molar-refractivity contribution in [2.75, 3.05) is 11.4 Å². The predicted octanol–water partition coefficient (Wildman–Crippen LogP) is 5.73. The third kappa shape index (κ3) is 4.50. The Morgan fingerprint density at radius 1 is 1.34 bits per heavy atom. The number of rotatable bonds is 7. The Hall–Kier alpha value is -2.69. The Kier molecular flexibility index (Phi) is 5.93. The summed E-state index contributed by atoms with van der Waals surface area (Å²) in [4.78, 5) is 9.20. The summed E-state index contributed by atoms with van der Waals surface area (Å²) in [6.07, 6.45) is 3.04. The highest BCUT2D eigenvalue weighted by atomic mass is 32.2. The van der Waals surface area contributed by atoms with Crippen LogP contribution in [0.25, 0.3) is 21.6 Å². The topological polar surface area (TPSA) is 107 Å². The lowest BCUT2D eigenvalue weighted by Gasteiger charge is -2.17. The van der Waals surface area contributed by atoms with Crippen LogP contribution >= 0.6 is 34.6 Å². The second kappa shape index (κ2) is 8.76. The first-order chi connectivity index (χ1) is 14.1. The standard InChI is InChI=1S/C19H19N7S3/c1-26(29-17-6-3-9-27-17)15-5-2-4-12-10-14(23-18(12)15)19-22-11-13(28-19)7-8-16(20)24-25-21/h2-6,9-11,23H,7-8H2,1H3,(H3,20,21,24). The SMILES string of the molecule is CN(Sc1cccs1)c1cccc2cc(-c3ncc(CCC(=N)N=NN)s3)[nH]c12. The van der Waals surface area contributed by atoms with Crippen molar-refractivity contribution < 1.29 is 0 Å². The Labute approximate surface area is 180 Å². The number of hydrogen-bond acceptors (Lipinski definition) is 7. The number of hydrogen-bond donors (Lipinski definition) is 3. The van der Waals surface area contributed by atoms with E-state index >= 15 is 0 Å². The van der Waals surface area contributed by atoms with E-state index in [4.69, 9.17) is 11.3 Å². The number of thiazole rings is 1. The number of amidine groups is 1. The smallest absolute Gasteiger partial charge is 0.145 e. The lowest BCUT2D eigenvalue weighted by molar-refractivity contribution is 0.987. The normalized spacial score (nSPS) is 11.5. The molecule has 0 aliphatic rings. The Morgan fingerprint density at radius 3 is 3.03 bits per heavy atom. The van der Waals surface area contributed by atoms with E-state index < -0.39 is 0 Å². The van der Waals surface area contributed by atoms with Gasteiger partial charge in [-0.1, -0.05) is 23.4 Å². The zero-order valence-corrected chi connectivity index (χ0v) is 18.1. The van der Waals surface area contributed by atoms with Crippen LogP contribution in [0.3, 0.4) is 0 Å². The molecule has 0 fully saturated rings. The molecule has 0 bridgehead atoms. The molecule has 4 aromatic rings. The molecule has 10 heteroatoms. The van der Waals surface area contributed by atoms with Gasteiger partial charge in [0.25, 0.3) is 0 Å². The van der Waals surface area contributed by atoms with Gasteiger partial charge in [0.2, 0.25) is 0 Å². The van der Waals surface area contributed by atoms with Gasteiger partial charge in [-0.3, -0.25) is 5.41 Å². The van der Waals surface area contributed by atoms with Crippen LogP contribution in [0.4, 0.5) is 5.69 Å². The van der Waals surface area contributed by atoms with Crippen molar-refractivity contribution in [2.45, 2.75) is 17.1 Å². The average molecular weight is 442 g/mol. The molecule has 0 spiro atoms. The van der Waals surface area contributed by atoms with Crippen LogP contribution in [0.1, 0.15) is 11.3 Å². The zero-order valence-electron chi connectivity index (χ0n) is 15.6. The molecule has 148 valence electrons. The fourth-order valence-corrected chi connectivity index (χ4v) is 5.59. The minimum absolute atomic E-state index is 0.170. The molecule has 0 radical (unpaired) electrons. The number of fused-ring (bicyclic) bond motifs is 1. The number of benzene rings is 1. The molecule has 4 N–H and O–H groups in total. The number of nitrogens with zero attached hydrogens (tertiary/aromatic N) is 4. The summed E-state index contributed by atoms with van der Waals surface area (Å²) in [7, 11) is 2.08. The second-order valence-corrected chi connectivity index (χ2v) is 9.73. The number of aryl methyl sites for hydroxylation is 1. The molecule has 0 unspecified atom stereocenters. The van der Waals surface area contributed by atoms with Gasteiger partial charge in [0.05, 0.1) is 21.1 Å². The van der Waals surface area contributed by atoms with Gasteiger partial charge in [-0.15, -0.1) is 27.8 Å². The van der Waals surface area contributed by atoms with Gasteiger partial charge in [-0.25, -0.2) is 4.98 Å². The number of anilines is 1. The van der Waals surface area contributed by atoms with Gasteiger partial charge < -0.3 is 15.1 Å². The van der Waals surface area contributed by atoms with Gasteiger partial charge in [0.15, 0.2) is 0 Å². The van der Waals surface area contributed by atoms with E-state index in [2.05, 4.69) is 73.4 Å². The fraction of sp³-hybridized carbons (Fsp3) is 0.158. The van der Waals surface area contributed by atoms with Gasteiger partial charge in [-0.2, -0.15) is 0 Å². The summed E-state index contributed by atoms with van der Waals surface area (Å²) in [5.74, 6) is 5.16. The monoisotopic (exact) mass is 441 g/mol. The molecule has 3 heterocycles. The second-order valence-electron chi connectivity index (χ2n) is 6.24. The number of aromatic amines is 1. The molecule has 4 rings (SSSR count). The van der Waals surface area contributed by atoms with Crippen LogP contribution in [-0.4, -0.2) is 22.9 Å². The van der Waals surface area contributed by atoms with Gasteiger partial charge in [0, 0.05) is 29.9 Å². The summed E-state index contributed by atoms with van der Waals surface area (Å²) in [6.45, 7) is 0. The first kappa shape index (κ1) is 19.6. The van der Waals surface area contributed by atoms with Gasteiger partial charge >= 0.3 is 0 Å². The number of nitrogens with two attached hydrogens (primary N) is 1. The molecule has 3 aromatic heterocycles. The molecule has 0 amide bonds. The van der Waals surface area contributed by atoms with Crippen molar-refractivity contribution in [2.24, 2.45) is 16.2 Å². The Balaban J connectivity index is 1.56. The van der Waals surface area contributed by atoms with E-state index in [1.165, 1.54) is 4.21 Å². The number of aromatic nitrogens is 2. The van der Waals surface area contributed by atoms with Crippen LogP contribution in [0, 0.1) is 5.41 Å². The first-order valence-electron chi connectivity index (χ1n) is 8.84. The Morgan fingerprint density at radius 2 is 2.24 bits per heavy atom. The van der Waals surface area contributed by atoms with Crippen molar-refractivity contribution in [1.29, 1.82) is 5.41 Å². The number of thiophene rings is 1. The highest BCUT2D eigenvalue weighted by Crippen LogP contribution is 2.36. The minimum Gasteiger partial charge on any atom is -0.351 e. The highest BCUT2D eigenvalue weighted by molar-refractivity contribution is 8.02. The Bertz CT molecular complexity index is 1140. The largest absolute Gasteiger partial charge is 0.351 e. The molecule has 0 atom stereocenters. The molecule has 29 heavy (non-hydrogen) atoms. The van der Waals surface area contributed by atoms with E-state index in [0.717, 1.165) is 32.2 Å². The van der Waals surface area contributed by atoms with E-state index in [0.29, 0.717) is 12.8 Å². The maximum Gasteiger partial charge on any atom is 0.145 e. The van der Waals surface area contributed by atoms with Crippen LogP contribution < -0.4 is 10.1 Å². The van der Waals surface area contributed by atoms with Crippen molar-refractivity contribution in [3.63, 3.8) is 0 Å².